The SMILES string of the molecule is Cc1nn(C)c2ncc(NC(=O)/C=C/c3ccccc3Br)cc12. The zero-order valence-corrected chi connectivity index (χ0v) is 14.3. The lowest BCUT2D eigenvalue weighted by molar-refractivity contribution is -0.111. The number of aromatic nitrogens is 3. The summed E-state index contributed by atoms with van der Waals surface area (Å²) in [6.07, 6.45) is 4.90. The smallest absolute Gasteiger partial charge is 0.248 e. The van der Waals surface area contributed by atoms with Crippen molar-refractivity contribution >= 4 is 44.6 Å². The first-order valence-electron chi connectivity index (χ1n) is 7.07. The van der Waals surface area contributed by atoms with Crippen LogP contribution >= 0.6 is 15.9 Å². The molecule has 3 aromatic rings. The topological polar surface area (TPSA) is 59.8 Å². The lowest BCUT2D eigenvalue weighted by Crippen LogP contribution is -2.08. The number of carbonyl (C=O) groups excluding carboxylic acids is 1. The number of pyridine rings is 1. The van der Waals surface area contributed by atoms with E-state index in [1.165, 1.54) is 6.08 Å². The highest BCUT2D eigenvalue weighted by Gasteiger charge is 2.08. The van der Waals surface area contributed by atoms with Gasteiger partial charge in [0.1, 0.15) is 0 Å². The molecule has 0 aliphatic rings. The molecule has 6 heteroatoms. The van der Waals surface area contributed by atoms with Crippen LogP contribution in [0.15, 0.2) is 47.1 Å². The van der Waals surface area contributed by atoms with E-state index >= 15 is 0 Å². The van der Waals surface area contributed by atoms with Crippen molar-refractivity contribution in [1.82, 2.24) is 14.8 Å². The normalized spacial score (nSPS) is 11.3. The second-order valence-corrected chi connectivity index (χ2v) is 6.00. The summed E-state index contributed by atoms with van der Waals surface area (Å²) in [4.78, 5) is 16.4. The average Bonchev–Trinajstić information content (AvgIpc) is 2.81. The van der Waals surface area contributed by atoms with Gasteiger partial charge in [-0.15, -0.1) is 0 Å². The van der Waals surface area contributed by atoms with Crippen LogP contribution in [0.3, 0.4) is 0 Å². The van der Waals surface area contributed by atoms with Crippen LogP contribution in [-0.2, 0) is 11.8 Å². The molecule has 0 atom stereocenters. The zero-order valence-electron chi connectivity index (χ0n) is 12.7. The lowest BCUT2D eigenvalue weighted by atomic mass is 10.2. The maximum atomic E-state index is 12.1. The van der Waals surface area contributed by atoms with E-state index in [9.17, 15) is 4.79 Å². The minimum atomic E-state index is -0.205. The molecule has 0 spiro atoms. The van der Waals surface area contributed by atoms with Gasteiger partial charge in [-0.25, -0.2) is 4.98 Å². The highest BCUT2D eigenvalue weighted by atomic mass is 79.9. The fourth-order valence-electron chi connectivity index (χ4n) is 2.34. The largest absolute Gasteiger partial charge is 0.321 e. The van der Waals surface area contributed by atoms with Gasteiger partial charge in [0.15, 0.2) is 5.65 Å². The van der Waals surface area contributed by atoms with E-state index in [0.717, 1.165) is 26.8 Å². The third kappa shape index (κ3) is 3.32. The number of nitrogens with zero attached hydrogens (tertiary/aromatic N) is 3. The molecule has 0 fully saturated rings. The van der Waals surface area contributed by atoms with Gasteiger partial charge < -0.3 is 5.32 Å². The van der Waals surface area contributed by atoms with Gasteiger partial charge in [-0.05, 0) is 30.7 Å². The van der Waals surface area contributed by atoms with Crippen LogP contribution < -0.4 is 5.32 Å². The fraction of sp³-hybridized carbons (Fsp3) is 0.118. The summed E-state index contributed by atoms with van der Waals surface area (Å²) in [5.41, 5.74) is 3.27. The van der Waals surface area contributed by atoms with E-state index in [4.69, 9.17) is 0 Å². The van der Waals surface area contributed by atoms with Gasteiger partial charge in [0.25, 0.3) is 0 Å². The highest BCUT2D eigenvalue weighted by molar-refractivity contribution is 9.10. The van der Waals surface area contributed by atoms with Gasteiger partial charge in [-0.1, -0.05) is 34.1 Å². The minimum Gasteiger partial charge on any atom is -0.321 e. The standard InChI is InChI=1S/C17H15BrN4O/c1-11-14-9-13(10-19-17(14)22(2)21-11)20-16(23)8-7-12-5-3-4-6-15(12)18/h3-10H,1-2H3,(H,20,23)/b8-7+. The van der Waals surface area contributed by atoms with E-state index < -0.39 is 0 Å². The molecule has 0 saturated carbocycles. The Morgan fingerprint density at radius 1 is 1.35 bits per heavy atom. The molecule has 2 heterocycles. The summed E-state index contributed by atoms with van der Waals surface area (Å²) in [5.74, 6) is -0.205. The van der Waals surface area contributed by atoms with E-state index in [2.05, 4.69) is 31.3 Å². The number of fused-ring (bicyclic) bond motifs is 1. The Morgan fingerprint density at radius 3 is 2.91 bits per heavy atom. The molecule has 3 rings (SSSR count). The van der Waals surface area contributed by atoms with E-state index in [1.54, 1.807) is 17.0 Å². The molecule has 1 N–H and O–H groups in total. The van der Waals surface area contributed by atoms with Crippen LogP contribution in [0.5, 0.6) is 0 Å². The van der Waals surface area contributed by atoms with Crippen molar-refractivity contribution in [2.24, 2.45) is 7.05 Å². The van der Waals surface area contributed by atoms with E-state index in [0.29, 0.717) is 5.69 Å². The first-order chi connectivity index (χ1) is 11.0. The predicted octanol–water partition coefficient (Wildman–Crippen LogP) is 3.69. The summed E-state index contributed by atoms with van der Waals surface area (Å²) in [6.45, 7) is 1.92. The van der Waals surface area contributed by atoms with E-state index in [1.807, 2.05) is 44.3 Å². The molecular formula is C17H15BrN4O. The quantitative estimate of drug-likeness (QED) is 0.715. The maximum absolute atomic E-state index is 12.1. The summed E-state index contributed by atoms with van der Waals surface area (Å²) < 4.78 is 2.67. The Balaban J connectivity index is 1.78. The minimum absolute atomic E-state index is 0.205. The number of amides is 1. The van der Waals surface area contributed by atoms with Crippen LogP contribution in [0.25, 0.3) is 17.1 Å². The molecule has 0 radical (unpaired) electrons. The Morgan fingerprint density at radius 2 is 2.13 bits per heavy atom. The molecule has 0 saturated heterocycles. The van der Waals surface area contributed by atoms with Gasteiger partial charge in [0.05, 0.1) is 17.6 Å². The fourth-order valence-corrected chi connectivity index (χ4v) is 2.75. The molecule has 0 aliphatic heterocycles. The van der Waals surface area contributed by atoms with Crippen molar-refractivity contribution in [3.63, 3.8) is 0 Å². The number of rotatable bonds is 3. The van der Waals surface area contributed by atoms with Crippen molar-refractivity contribution in [1.29, 1.82) is 0 Å². The highest BCUT2D eigenvalue weighted by Crippen LogP contribution is 2.20. The Bertz CT molecular complexity index is 914. The van der Waals surface area contributed by atoms with Gasteiger partial charge in [0.2, 0.25) is 5.91 Å². The summed E-state index contributed by atoms with van der Waals surface area (Å²) in [6, 6.07) is 9.60. The van der Waals surface area contributed by atoms with Crippen molar-refractivity contribution in [3.05, 3.63) is 58.3 Å². The van der Waals surface area contributed by atoms with Crippen molar-refractivity contribution in [3.8, 4) is 0 Å². The van der Waals surface area contributed by atoms with Gasteiger partial charge in [-0.3, -0.25) is 9.48 Å². The molecule has 2 aromatic heterocycles. The molecule has 5 nitrogen and oxygen atoms in total. The molecule has 1 amide bonds. The average molecular weight is 371 g/mol. The Labute approximate surface area is 142 Å². The lowest BCUT2D eigenvalue weighted by Gasteiger charge is -2.02. The number of carbonyl (C=O) groups is 1. The second kappa shape index (κ2) is 6.34. The Kier molecular flexibility index (Phi) is 4.25. The number of hydrogen-bond donors (Lipinski definition) is 1. The molecule has 0 aliphatic carbocycles. The number of benzene rings is 1. The maximum Gasteiger partial charge on any atom is 0.248 e. The number of anilines is 1. The Hall–Kier alpha value is -2.47. The summed E-state index contributed by atoms with van der Waals surface area (Å²) >= 11 is 3.45. The molecular weight excluding hydrogens is 356 g/mol. The van der Waals surface area contributed by atoms with Crippen molar-refractivity contribution < 1.29 is 4.79 Å². The number of nitrogens with one attached hydrogen (secondary N) is 1. The van der Waals surface area contributed by atoms with Crippen LogP contribution in [0.2, 0.25) is 0 Å². The second-order valence-electron chi connectivity index (χ2n) is 5.15. The van der Waals surface area contributed by atoms with Crippen LogP contribution in [0.4, 0.5) is 5.69 Å². The summed E-state index contributed by atoms with van der Waals surface area (Å²) in [7, 11) is 1.85. The number of aryl methyl sites for hydroxylation is 2. The third-order valence-electron chi connectivity index (χ3n) is 3.45. The zero-order chi connectivity index (χ0) is 16.4. The van der Waals surface area contributed by atoms with Crippen molar-refractivity contribution in [2.45, 2.75) is 6.92 Å². The number of hydrogen-bond acceptors (Lipinski definition) is 3. The van der Waals surface area contributed by atoms with Crippen LogP contribution in [-0.4, -0.2) is 20.7 Å². The molecule has 1 aromatic carbocycles. The first-order valence-corrected chi connectivity index (χ1v) is 7.87. The summed E-state index contributed by atoms with van der Waals surface area (Å²) in [5, 5.41) is 8.07. The molecule has 116 valence electrons. The van der Waals surface area contributed by atoms with Gasteiger partial charge >= 0.3 is 0 Å². The third-order valence-corrected chi connectivity index (χ3v) is 4.17. The molecule has 0 bridgehead atoms. The van der Waals surface area contributed by atoms with Crippen LogP contribution in [0.1, 0.15) is 11.3 Å². The molecule has 23 heavy (non-hydrogen) atoms. The monoisotopic (exact) mass is 370 g/mol. The first kappa shape index (κ1) is 15.4. The van der Waals surface area contributed by atoms with Crippen LogP contribution in [0, 0.1) is 6.92 Å². The predicted molar refractivity (Wildman–Crippen MR) is 95.1 cm³/mol. The van der Waals surface area contributed by atoms with Gasteiger partial charge in [0, 0.05) is 23.0 Å². The van der Waals surface area contributed by atoms with Crippen molar-refractivity contribution in [2.75, 3.05) is 5.32 Å². The van der Waals surface area contributed by atoms with E-state index in [-0.39, 0.29) is 5.91 Å². The molecule has 0 unspecified atom stereocenters. The number of halogens is 1. The van der Waals surface area contributed by atoms with Gasteiger partial charge in [-0.2, -0.15) is 5.10 Å².